The summed E-state index contributed by atoms with van der Waals surface area (Å²) in [5, 5.41) is 28.4. The zero-order chi connectivity index (χ0) is 28.9. The van der Waals surface area contributed by atoms with Crippen LogP contribution in [0.2, 0.25) is 0 Å². The predicted octanol–water partition coefficient (Wildman–Crippen LogP) is 3.17. The highest BCUT2D eigenvalue weighted by molar-refractivity contribution is 5.85. The number of benzene rings is 2. The summed E-state index contributed by atoms with van der Waals surface area (Å²) in [6.07, 6.45) is 0.105. The van der Waals surface area contributed by atoms with E-state index in [4.69, 9.17) is 9.97 Å². The predicted molar refractivity (Wildman–Crippen MR) is 156 cm³/mol. The van der Waals surface area contributed by atoms with Crippen LogP contribution < -0.4 is 10.6 Å². The van der Waals surface area contributed by atoms with Gasteiger partial charge in [0.05, 0.1) is 23.9 Å². The molecule has 2 heterocycles. The van der Waals surface area contributed by atoms with Gasteiger partial charge in [-0.1, -0.05) is 55.3 Å². The van der Waals surface area contributed by atoms with Gasteiger partial charge in [-0.3, -0.25) is 4.79 Å². The smallest absolute Gasteiger partial charge is 0.228 e. The number of hydrogen-bond donors (Lipinski definition) is 4. The van der Waals surface area contributed by atoms with E-state index in [0.717, 1.165) is 17.5 Å². The van der Waals surface area contributed by atoms with Crippen LogP contribution in [0.25, 0.3) is 11.2 Å². The molecule has 4 N–H and O–H groups in total. The molecule has 4 aromatic rings. The van der Waals surface area contributed by atoms with Crippen molar-refractivity contribution in [1.82, 2.24) is 24.8 Å². The number of carbonyl (C=O) groups excluding carboxylic acids is 1. The molecule has 2 aromatic heterocycles. The highest BCUT2D eigenvalue weighted by Gasteiger charge is 2.60. The summed E-state index contributed by atoms with van der Waals surface area (Å²) in [6, 6.07) is 17.8. The number of carbonyl (C=O) groups is 1. The first-order chi connectivity index (χ1) is 19.7. The van der Waals surface area contributed by atoms with Crippen LogP contribution in [0.4, 0.5) is 5.82 Å². The van der Waals surface area contributed by atoms with Crippen LogP contribution >= 0.6 is 0 Å². The van der Waals surface area contributed by atoms with Crippen molar-refractivity contribution >= 4 is 22.9 Å². The lowest BCUT2D eigenvalue weighted by atomic mass is 9.77. The molecule has 9 heteroatoms. The normalized spacial score (nSPS) is 28.6. The molecular weight excluding hydrogens is 516 g/mol. The van der Waals surface area contributed by atoms with Crippen molar-refractivity contribution in [2.24, 2.45) is 11.3 Å². The number of nitrogens with zero attached hydrogens (tertiary/aromatic N) is 4. The molecule has 0 bridgehead atoms. The molecule has 2 aliphatic carbocycles. The monoisotopic (exact) mass is 550 g/mol. The Kier molecular flexibility index (Phi) is 6.76. The van der Waals surface area contributed by atoms with Crippen molar-refractivity contribution < 1.29 is 15.0 Å². The van der Waals surface area contributed by atoms with Crippen LogP contribution in [0.3, 0.4) is 0 Å². The lowest BCUT2D eigenvalue weighted by molar-refractivity contribution is -0.139. The molecule has 41 heavy (non-hydrogen) atoms. The van der Waals surface area contributed by atoms with E-state index in [1.807, 2.05) is 56.3 Å². The van der Waals surface area contributed by atoms with E-state index in [2.05, 4.69) is 39.6 Å². The Bertz CT molecular complexity index is 1680. The zero-order valence-corrected chi connectivity index (χ0v) is 23.5. The topological polar surface area (TPSA) is 125 Å². The Morgan fingerprint density at radius 1 is 1.10 bits per heavy atom. The molecule has 0 radical (unpaired) electrons. The summed E-state index contributed by atoms with van der Waals surface area (Å²) in [7, 11) is 1.53. The van der Waals surface area contributed by atoms with Gasteiger partial charge in [-0.05, 0) is 55.4 Å². The van der Waals surface area contributed by atoms with E-state index in [9.17, 15) is 15.0 Å². The van der Waals surface area contributed by atoms with Gasteiger partial charge in [0.1, 0.15) is 6.10 Å². The quantitative estimate of drug-likeness (QED) is 0.281. The summed E-state index contributed by atoms with van der Waals surface area (Å²) in [5.41, 5.74) is 3.06. The number of aliphatic hydroxyl groups is 2. The highest BCUT2D eigenvalue weighted by atomic mass is 16.3. The van der Waals surface area contributed by atoms with Gasteiger partial charge >= 0.3 is 0 Å². The Morgan fingerprint density at radius 3 is 2.61 bits per heavy atom. The number of anilines is 1. The van der Waals surface area contributed by atoms with Crippen molar-refractivity contribution in [3.8, 4) is 11.8 Å². The van der Waals surface area contributed by atoms with Gasteiger partial charge in [0, 0.05) is 24.6 Å². The Hall–Kier alpha value is -4.26. The standard InChI is InChI=1S/C32H34N6O3/c1-18-9-8-10-20(15-18)13-14-24-36-29(35-23-16-22(23)21-11-6-5-7-12-21)25-30(37-24)38(17-34-25)26-19(2)32(3,31(41)33-4)28(40)27(26)39/h5-12,15,17,19,22-23,26-28,39-40H,16H2,1-4H3,(H,33,41)(H,35,36,37). The number of hydrogen-bond acceptors (Lipinski definition) is 7. The molecule has 210 valence electrons. The van der Waals surface area contributed by atoms with Crippen LogP contribution in [0.15, 0.2) is 60.9 Å². The molecule has 0 spiro atoms. The van der Waals surface area contributed by atoms with Gasteiger partial charge in [-0.2, -0.15) is 0 Å². The Morgan fingerprint density at radius 2 is 1.88 bits per heavy atom. The van der Waals surface area contributed by atoms with Gasteiger partial charge < -0.3 is 25.4 Å². The molecule has 2 aromatic carbocycles. The minimum Gasteiger partial charge on any atom is -0.389 e. The molecule has 7 unspecified atom stereocenters. The fourth-order valence-electron chi connectivity index (χ4n) is 6.22. The summed E-state index contributed by atoms with van der Waals surface area (Å²) in [4.78, 5) is 27.0. The third-order valence-corrected chi connectivity index (χ3v) is 8.88. The van der Waals surface area contributed by atoms with Crippen molar-refractivity contribution in [2.45, 2.75) is 57.4 Å². The minimum atomic E-state index is -1.27. The van der Waals surface area contributed by atoms with Gasteiger partial charge in [0.25, 0.3) is 0 Å². The number of aryl methyl sites for hydroxylation is 1. The number of amides is 1. The average Bonchev–Trinajstić information content (AvgIpc) is 3.59. The molecule has 9 nitrogen and oxygen atoms in total. The van der Waals surface area contributed by atoms with Crippen molar-refractivity contribution in [2.75, 3.05) is 12.4 Å². The van der Waals surface area contributed by atoms with E-state index in [-0.39, 0.29) is 11.9 Å². The molecule has 7 atom stereocenters. The molecule has 0 aliphatic heterocycles. The maximum absolute atomic E-state index is 12.8. The third-order valence-electron chi connectivity index (χ3n) is 8.88. The maximum atomic E-state index is 12.8. The lowest BCUT2D eigenvalue weighted by Gasteiger charge is -2.31. The number of imidazole rings is 1. The average molecular weight is 551 g/mol. The van der Waals surface area contributed by atoms with Gasteiger partial charge in [0.15, 0.2) is 17.0 Å². The third kappa shape index (κ3) is 4.63. The summed E-state index contributed by atoms with van der Waals surface area (Å²) >= 11 is 0. The Labute approximate surface area is 239 Å². The van der Waals surface area contributed by atoms with Crippen LogP contribution in [0, 0.1) is 30.1 Å². The fourth-order valence-corrected chi connectivity index (χ4v) is 6.22. The number of aliphatic hydroxyl groups excluding tert-OH is 2. The lowest BCUT2D eigenvalue weighted by Crippen LogP contribution is -2.47. The van der Waals surface area contributed by atoms with Crippen LogP contribution in [0.1, 0.15) is 54.7 Å². The number of rotatable bonds is 5. The second-order valence-corrected chi connectivity index (χ2v) is 11.4. The minimum absolute atomic E-state index is 0.188. The van der Waals surface area contributed by atoms with Crippen molar-refractivity contribution in [3.63, 3.8) is 0 Å². The molecular formula is C32H34N6O3. The molecule has 0 saturated heterocycles. The van der Waals surface area contributed by atoms with Gasteiger partial charge in [-0.25, -0.2) is 15.0 Å². The zero-order valence-electron chi connectivity index (χ0n) is 23.5. The molecule has 6 rings (SSSR count). The molecule has 2 fully saturated rings. The number of fused-ring (bicyclic) bond motifs is 1. The van der Waals surface area contributed by atoms with Crippen LogP contribution in [-0.2, 0) is 4.79 Å². The first kappa shape index (κ1) is 26.9. The number of aromatic nitrogens is 4. The highest BCUT2D eigenvalue weighted by Crippen LogP contribution is 2.50. The van der Waals surface area contributed by atoms with Gasteiger partial charge in [0.2, 0.25) is 11.7 Å². The maximum Gasteiger partial charge on any atom is 0.228 e. The second-order valence-electron chi connectivity index (χ2n) is 11.4. The second kappa shape index (κ2) is 10.3. The van der Waals surface area contributed by atoms with Gasteiger partial charge in [-0.15, -0.1) is 0 Å². The van der Waals surface area contributed by atoms with E-state index >= 15 is 0 Å². The largest absolute Gasteiger partial charge is 0.389 e. The molecule has 1 amide bonds. The molecule has 2 saturated carbocycles. The first-order valence-electron chi connectivity index (χ1n) is 14.0. The SMILES string of the molecule is CNC(=O)C1(C)C(C)C(n2cnc3c(NC4CC4c4ccccc4)nc(C#Cc4cccc(C)c4)nc32)C(O)C1O. The summed E-state index contributed by atoms with van der Waals surface area (Å²) in [6.45, 7) is 5.56. The number of nitrogens with one attached hydrogen (secondary N) is 2. The van der Waals surface area contributed by atoms with E-state index in [1.54, 1.807) is 17.8 Å². The fraction of sp³-hybridized carbons (Fsp3) is 0.375. The Balaban J connectivity index is 1.42. The summed E-state index contributed by atoms with van der Waals surface area (Å²) in [5.74, 6) is 6.77. The van der Waals surface area contributed by atoms with Crippen molar-refractivity contribution in [1.29, 1.82) is 0 Å². The van der Waals surface area contributed by atoms with Crippen LogP contribution in [0.5, 0.6) is 0 Å². The van der Waals surface area contributed by atoms with Crippen molar-refractivity contribution in [3.05, 3.63) is 83.4 Å². The van der Waals surface area contributed by atoms with E-state index in [1.165, 1.54) is 12.6 Å². The van der Waals surface area contributed by atoms with E-state index < -0.39 is 29.6 Å². The van der Waals surface area contributed by atoms with E-state index in [0.29, 0.717) is 28.7 Å². The summed E-state index contributed by atoms with van der Waals surface area (Å²) < 4.78 is 1.76. The first-order valence-corrected chi connectivity index (χ1v) is 14.0. The van der Waals surface area contributed by atoms with Crippen LogP contribution in [-0.4, -0.2) is 60.9 Å². The molecule has 2 aliphatic rings.